The number of benzene rings is 1. The smallest absolute Gasteiger partial charge is 0.243 e. The summed E-state index contributed by atoms with van der Waals surface area (Å²) in [5.41, 5.74) is 1.28. The third-order valence-electron chi connectivity index (χ3n) is 5.56. The number of aliphatic hydroxyl groups excluding tert-OH is 1. The average molecular weight is 367 g/mol. The molecule has 1 saturated carbocycles. The van der Waals surface area contributed by atoms with Gasteiger partial charge in [-0.15, -0.1) is 0 Å². The van der Waals surface area contributed by atoms with E-state index in [1.807, 2.05) is 12.1 Å². The number of nitrogens with zero attached hydrogens (tertiary/aromatic N) is 2. The average Bonchev–Trinajstić information content (AvgIpc) is 2.67. The SMILES string of the molecule is O=S(=O)(c1ccc(C2CCCCC2)cc1)N1CCN(CCCO)CC1. The van der Waals surface area contributed by atoms with Gasteiger partial charge >= 0.3 is 0 Å². The third-order valence-corrected chi connectivity index (χ3v) is 7.47. The molecule has 0 bridgehead atoms. The summed E-state index contributed by atoms with van der Waals surface area (Å²) in [5.74, 6) is 0.598. The molecule has 2 fully saturated rings. The summed E-state index contributed by atoms with van der Waals surface area (Å²) >= 11 is 0. The van der Waals surface area contributed by atoms with Gasteiger partial charge in [-0.3, -0.25) is 0 Å². The Morgan fingerprint density at radius 3 is 2.20 bits per heavy atom. The molecular weight excluding hydrogens is 336 g/mol. The fraction of sp³-hybridized carbons (Fsp3) is 0.684. The van der Waals surface area contributed by atoms with Gasteiger partial charge in [0, 0.05) is 39.3 Å². The van der Waals surface area contributed by atoms with Gasteiger partial charge in [0.25, 0.3) is 0 Å². The normalized spacial score (nSPS) is 21.5. The Morgan fingerprint density at radius 2 is 1.60 bits per heavy atom. The van der Waals surface area contributed by atoms with Crippen LogP contribution in [-0.4, -0.2) is 62.1 Å². The van der Waals surface area contributed by atoms with E-state index < -0.39 is 10.0 Å². The van der Waals surface area contributed by atoms with Gasteiger partial charge in [0.15, 0.2) is 0 Å². The number of hydrogen-bond donors (Lipinski definition) is 1. The number of hydrogen-bond acceptors (Lipinski definition) is 4. The predicted octanol–water partition coefficient (Wildman–Crippen LogP) is 2.42. The lowest BCUT2D eigenvalue weighted by Gasteiger charge is -2.33. The Hall–Kier alpha value is -0.950. The summed E-state index contributed by atoms with van der Waals surface area (Å²) in [6.07, 6.45) is 7.09. The summed E-state index contributed by atoms with van der Waals surface area (Å²) in [7, 11) is -3.40. The van der Waals surface area contributed by atoms with Gasteiger partial charge in [0.1, 0.15) is 0 Å². The summed E-state index contributed by atoms with van der Waals surface area (Å²) in [5, 5.41) is 8.91. The van der Waals surface area contributed by atoms with E-state index in [4.69, 9.17) is 5.11 Å². The summed E-state index contributed by atoms with van der Waals surface area (Å²) in [4.78, 5) is 2.63. The summed E-state index contributed by atoms with van der Waals surface area (Å²) < 4.78 is 27.3. The molecule has 0 amide bonds. The van der Waals surface area contributed by atoms with Crippen LogP contribution >= 0.6 is 0 Å². The highest BCUT2D eigenvalue weighted by atomic mass is 32.2. The molecule has 1 aromatic carbocycles. The third kappa shape index (κ3) is 4.61. The van der Waals surface area contributed by atoms with Crippen LogP contribution in [0.5, 0.6) is 0 Å². The van der Waals surface area contributed by atoms with E-state index in [0.29, 0.717) is 23.9 Å². The largest absolute Gasteiger partial charge is 0.396 e. The molecule has 1 saturated heterocycles. The molecule has 5 nitrogen and oxygen atoms in total. The van der Waals surface area contributed by atoms with E-state index in [9.17, 15) is 8.42 Å². The van der Waals surface area contributed by atoms with Crippen molar-refractivity contribution >= 4 is 10.0 Å². The minimum absolute atomic E-state index is 0.186. The molecule has 0 radical (unpaired) electrons. The lowest BCUT2D eigenvalue weighted by molar-refractivity contribution is 0.171. The Bertz CT molecular complexity index is 631. The van der Waals surface area contributed by atoms with Crippen molar-refractivity contribution in [2.45, 2.75) is 49.3 Å². The highest BCUT2D eigenvalue weighted by molar-refractivity contribution is 7.89. The van der Waals surface area contributed by atoms with Crippen LogP contribution in [0, 0.1) is 0 Å². The molecule has 1 heterocycles. The maximum atomic E-state index is 12.9. The first-order valence-corrected chi connectivity index (χ1v) is 11.0. The predicted molar refractivity (Wildman–Crippen MR) is 99.2 cm³/mol. The van der Waals surface area contributed by atoms with Crippen molar-refractivity contribution in [3.05, 3.63) is 29.8 Å². The van der Waals surface area contributed by atoms with E-state index in [1.54, 1.807) is 16.4 Å². The Morgan fingerprint density at radius 1 is 0.960 bits per heavy atom. The van der Waals surface area contributed by atoms with Crippen LogP contribution < -0.4 is 0 Å². The quantitative estimate of drug-likeness (QED) is 0.840. The summed E-state index contributed by atoms with van der Waals surface area (Å²) in [6.45, 7) is 3.54. The monoisotopic (exact) mass is 366 g/mol. The molecule has 25 heavy (non-hydrogen) atoms. The fourth-order valence-corrected chi connectivity index (χ4v) is 5.41. The second-order valence-electron chi connectivity index (χ2n) is 7.23. The minimum atomic E-state index is -3.40. The van der Waals surface area contributed by atoms with Gasteiger partial charge in [0.2, 0.25) is 10.0 Å². The first-order chi connectivity index (χ1) is 12.1. The highest BCUT2D eigenvalue weighted by Gasteiger charge is 2.28. The number of piperazine rings is 1. The molecule has 0 unspecified atom stereocenters. The van der Waals surface area contributed by atoms with Crippen LogP contribution in [0.1, 0.15) is 50.0 Å². The number of aliphatic hydroxyl groups is 1. The zero-order valence-electron chi connectivity index (χ0n) is 14.9. The Labute approximate surface area is 151 Å². The van der Waals surface area contributed by atoms with Crippen LogP contribution in [0.2, 0.25) is 0 Å². The van der Waals surface area contributed by atoms with Crippen molar-refractivity contribution in [3.63, 3.8) is 0 Å². The van der Waals surface area contributed by atoms with Crippen LogP contribution in [0.4, 0.5) is 0 Å². The van der Waals surface area contributed by atoms with Gasteiger partial charge in [-0.1, -0.05) is 31.4 Å². The second-order valence-corrected chi connectivity index (χ2v) is 9.16. The molecule has 2 aliphatic rings. The maximum absolute atomic E-state index is 12.9. The summed E-state index contributed by atoms with van der Waals surface area (Å²) in [6, 6.07) is 7.61. The highest BCUT2D eigenvalue weighted by Crippen LogP contribution is 2.33. The zero-order chi connectivity index (χ0) is 17.7. The van der Waals surface area contributed by atoms with Gasteiger partial charge in [0.05, 0.1) is 4.90 Å². The van der Waals surface area contributed by atoms with Crippen molar-refractivity contribution < 1.29 is 13.5 Å². The lowest BCUT2D eigenvalue weighted by Crippen LogP contribution is -2.48. The van der Waals surface area contributed by atoms with E-state index >= 15 is 0 Å². The van der Waals surface area contributed by atoms with E-state index in [-0.39, 0.29) is 6.61 Å². The van der Waals surface area contributed by atoms with Crippen molar-refractivity contribution in [3.8, 4) is 0 Å². The Balaban J connectivity index is 1.62. The van der Waals surface area contributed by atoms with Crippen LogP contribution in [-0.2, 0) is 10.0 Å². The number of rotatable bonds is 6. The molecule has 1 aromatic rings. The van der Waals surface area contributed by atoms with E-state index in [1.165, 1.54) is 37.7 Å². The Kier molecular flexibility index (Phi) is 6.49. The molecule has 1 aliphatic heterocycles. The molecule has 140 valence electrons. The number of sulfonamides is 1. The maximum Gasteiger partial charge on any atom is 0.243 e. The zero-order valence-corrected chi connectivity index (χ0v) is 15.8. The molecule has 0 spiro atoms. The fourth-order valence-electron chi connectivity index (χ4n) is 3.98. The van der Waals surface area contributed by atoms with Crippen LogP contribution in [0.3, 0.4) is 0 Å². The van der Waals surface area contributed by atoms with Crippen molar-refractivity contribution in [2.24, 2.45) is 0 Å². The van der Waals surface area contributed by atoms with Crippen molar-refractivity contribution in [1.82, 2.24) is 9.21 Å². The second kappa shape index (κ2) is 8.62. The first kappa shape index (κ1) is 18.8. The van der Waals surface area contributed by atoms with Crippen molar-refractivity contribution in [1.29, 1.82) is 0 Å². The molecule has 3 rings (SSSR count). The molecule has 1 N–H and O–H groups in total. The van der Waals surface area contributed by atoms with Crippen molar-refractivity contribution in [2.75, 3.05) is 39.3 Å². The van der Waals surface area contributed by atoms with Gasteiger partial charge in [-0.25, -0.2) is 8.42 Å². The van der Waals surface area contributed by atoms with E-state index in [2.05, 4.69) is 4.90 Å². The molecular formula is C19H30N2O3S. The minimum Gasteiger partial charge on any atom is -0.396 e. The van der Waals surface area contributed by atoms with Gasteiger partial charge < -0.3 is 10.0 Å². The van der Waals surface area contributed by atoms with E-state index in [0.717, 1.165) is 26.1 Å². The van der Waals surface area contributed by atoms with Gasteiger partial charge in [-0.2, -0.15) is 4.31 Å². The topological polar surface area (TPSA) is 60.9 Å². The first-order valence-electron chi connectivity index (χ1n) is 9.54. The van der Waals surface area contributed by atoms with Crippen LogP contribution in [0.15, 0.2) is 29.2 Å². The van der Waals surface area contributed by atoms with Gasteiger partial charge in [-0.05, 0) is 42.9 Å². The molecule has 0 atom stereocenters. The van der Waals surface area contributed by atoms with Crippen LogP contribution in [0.25, 0.3) is 0 Å². The molecule has 6 heteroatoms. The standard InChI is InChI=1S/C19H30N2O3S/c22-16-4-11-20-12-14-21(15-13-20)25(23,24)19-9-7-18(8-10-19)17-5-2-1-3-6-17/h7-10,17,22H,1-6,11-16H2. The molecule has 1 aliphatic carbocycles. The lowest BCUT2D eigenvalue weighted by atomic mass is 9.84. The molecule has 0 aromatic heterocycles.